The third-order valence-corrected chi connectivity index (χ3v) is 5.12. The maximum absolute atomic E-state index is 12.3. The maximum atomic E-state index is 12.3. The van der Waals surface area contributed by atoms with E-state index < -0.39 is 16.1 Å². The first kappa shape index (κ1) is 13.3. The van der Waals surface area contributed by atoms with Crippen LogP contribution in [0.3, 0.4) is 0 Å². The van der Waals surface area contributed by atoms with E-state index in [0.29, 0.717) is 19.5 Å². The summed E-state index contributed by atoms with van der Waals surface area (Å²) in [6.45, 7) is 2.47. The zero-order chi connectivity index (χ0) is 13.3. The lowest BCUT2D eigenvalue weighted by atomic mass is 10.0. The molecule has 0 amide bonds. The van der Waals surface area contributed by atoms with E-state index in [1.807, 2.05) is 0 Å². The molecule has 0 aliphatic carbocycles. The van der Waals surface area contributed by atoms with E-state index in [0.717, 1.165) is 0 Å². The van der Waals surface area contributed by atoms with Crippen molar-refractivity contribution < 1.29 is 13.5 Å². The van der Waals surface area contributed by atoms with Gasteiger partial charge in [-0.1, -0.05) is 0 Å². The molecule has 2 heterocycles. The topological polar surface area (TPSA) is 96.5 Å². The summed E-state index contributed by atoms with van der Waals surface area (Å²) in [5.74, 6) is 0.291. The molecule has 1 fully saturated rings. The minimum Gasteiger partial charge on any atom is -0.393 e. The number of anilines is 1. The zero-order valence-electron chi connectivity index (χ0n) is 10.2. The predicted octanol–water partition coefficient (Wildman–Crippen LogP) is 0.0552. The number of aliphatic hydroxyl groups is 1. The van der Waals surface area contributed by atoms with Crippen LogP contribution in [0, 0.1) is 5.92 Å². The zero-order valence-corrected chi connectivity index (χ0v) is 11.0. The van der Waals surface area contributed by atoms with E-state index >= 15 is 0 Å². The molecule has 2 unspecified atom stereocenters. The van der Waals surface area contributed by atoms with Gasteiger partial charge in [0.25, 0.3) is 0 Å². The summed E-state index contributed by atoms with van der Waals surface area (Å²) in [5, 5.41) is 9.49. The SMILES string of the molecule is CC(O)C1CCN(S(=O)(=O)c2ccc(N)nc2)C1. The lowest BCUT2D eigenvalue weighted by Crippen LogP contribution is -2.30. The number of nitrogen functional groups attached to an aromatic ring is 1. The van der Waals surface area contributed by atoms with Crippen molar-refractivity contribution in [1.82, 2.24) is 9.29 Å². The van der Waals surface area contributed by atoms with Gasteiger partial charge >= 0.3 is 0 Å². The third-order valence-electron chi connectivity index (χ3n) is 3.27. The van der Waals surface area contributed by atoms with Gasteiger partial charge in [0.15, 0.2) is 0 Å². The second-order valence-electron chi connectivity index (χ2n) is 4.57. The summed E-state index contributed by atoms with van der Waals surface area (Å²) in [6.07, 6.45) is 1.45. The van der Waals surface area contributed by atoms with Gasteiger partial charge in [-0.2, -0.15) is 4.31 Å². The lowest BCUT2D eigenvalue weighted by Gasteiger charge is -2.17. The minimum absolute atomic E-state index is 0.00140. The molecule has 0 saturated carbocycles. The first-order valence-electron chi connectivity index (χ1n) is 5.81. The van der Waals surface area contributed by atoms with Gasteiger partial charge in [-0.3, -0.25) is 0 Å². The maximum Gasteiger partial charge on any atom is 0.244 e. The van der Waals surface area contributed by atoms with Gasteiger partial charge in [-0.05, 0) is 31.4 Å². The molecule has 1 aliphatic heterocycles. The number of nitrogens with zero attached hydrogens (tertiary/aromatic N) is 2. The lowest BCUT2D eigenvalue weighted by molar-refractivity contribution is 0.133. The van der Waals surface area contributed by atoms with Crippen molar-refractivity contribution in [1.29, 1.82) is 0 Å². The number of nitrogens with two attached hydrogens (primary N) is 1. The molecular formula is C11H17N3O3S. The van der Waals surface area contributed by atoms with Gasteiger partial charge in [0.1, 0.15) is 10.7 Å². The molecule has 18 heavy (non-hydrogen) atoms. The fourth-order valence-electron chi connectivity index (χ4n) is 2.06. The molecule has 2 rings (SSSR count). The van der Waals surface area contributed by atoms with E-state index in [9.17, 15) is 13.5 Å². The number of hydrogen-bond acceptors (Lipinski definition) is 5. The smallest absolute Gasteiger partial charge is 0.244 e. The minimum atomic E-state index is -3.52. The largest absolute Gasteiger partial charge is 0.393 e. The standard InChI is InChI=1S/C11H17N3O3S/c1-8(15)9-4-5-14(7-9)18(16,17)10-2-3-11(12)13-6-10/h2-3,6,8-9,15H,4-5,7H2,1H3,(H2,12,13). The van der Waals surface area contributed by atoms with Crippen LogP contribution in [0.15, 0.2) is 23.2 Å². The van der Waals surface area contributed by atoms with Crippen molar-refractivity contribution in [3.8, 4) is 0 Å². The van der Waals surface area contributed by atoms with Crippen LogP contribution in [-0.2, 0) is 10.0 Å². The van der Waals surface area contributed by atoms with E-state index in [1.165, 1.54) is 22.6 Å². The molecule has 0 radical (unpaired) electrons. The average molecular weight is 271 g/mol. The van der Waals surface area contributed by atoms with Gasteiger partial charge < -0.3 is 10.8 Å². The number of sulfonamides is 1. The molecule has 1 aromatic heterocycles. The van der Waals surface area contributed by atoms with Crippen LogP contribution in [0.4, 0.5) is 5.82 Å². The highest BCUT2D eigenvalue weighted by molar-refractivity contribution is 7.89. The molecule has 0 aromatic carbocycles. The normalized spacial score (nSPS) is 23.1. The molecule has 3 N–H and O–H groups in total. The predicted molar refractivity (Wildman–Crippen MR) is 67.2 cm³/mol. The number of pyridine rings is 1. The Morgan fingerprint density at radius 3 is 2.78 bits per heavy atom. The van der Waals surface area contributed by atoms with Crippen LogP contribution in [0.25, 0.3) is 0 Å². The van der Waals surface area contributed by atoms with Crippen LogP contribution >= 0.6 is 0 Å². The highest BCUT2D eigenvalue weighted by Gasteiger charge is 2.34. The summed E-state index contributed by atoms with van der Waals surface area (Å²) in [6, 6.07) is 2.92. The van der Waals surface area contributed by atoms with Crippen molar-refractivity contribution in [3.05, 3.63) is 18.3 Å². The Labute approximate surface area is 106 Å². The Hall–Kier alpha value is -1.18. The van der Waals surface area contributed by atoms with Gasteiger partial charge in [-0.25, -0.2) is 13.4 Å². The van der Waals surface area contributed by atoms with Crippen molar-refractivity contribution in [2.45, 2.75) is 24.3 Å². The Bertz CT molecular complexity index is 513. The van der Waals surface area contributed by atoms with Crippen LogP contribution in [-0.4, -0.2) is 42.0 Å². The highest BCUT2D eigenvalue weighted by atomic mass is 32.2. The summed E-state index contributed by atoms with van der Waals surface area (Å²) in [4.78, 5) is 3.94. The molecule has 0 spiro atoms. The quantitative estimate of drug-likeness (QED) is 0.810. The van der Waals surface area contributed by atoms with Gasteiger partial charge in [0.2, 0.25) is 10.0 Å². The average Bonchev–Trinajstić information content (AvgIpc) is 2.79. The first-order valence-corrected chi connectivity index (χ1v) is 7.25. The summed E-state index contributed by atoms with van der Waals surface area (Å²) >= 11 is 0. The molecule has 100 valence electrons. The molecule has 1 saturated heterocycles. The summed E-state index contributed by atoms with van der Waals surface area (Å²) in [5.41, 5.74) is 5.43. The van der Waals surface area contributed by atoms with Crippen molar-refractivity contribution in [2.75, 3.05) is 18.8 Å². The van der Waals surface area contributed by atoms with Crippen LogP contribution in [0.5, 0.6) is 0 Å². The number of rotatable bonds is 3. The van der Waals surface area contributed by atoms with Crippen molar-refractivity contribution in [2.24, 2.45) is 5.92 Å². The molecule has 2 atom stereocenters. The first-order chi connectivity index (χ1) is 8.41. The van der Waals surface area contributed by atoms with E-state index in [1.54, 1.807) is 6.92 Å². The van der Waals surface area contributed by atoms with E-state index in [2.05, 4.69) is 4.98 Å². The van der Waals surface area contributed by atoms with E-state index in [4.69, 9.17) is 5.73 Å². The third kappa shape index (κ3) is 2.47. The van der Waals surface area contributed by atoms with Crippen LogP contribution in [0.1, 0.15) is 13.3 Å². The van der Waals surface area contributed by atoms with Crippen molar-refractivity contribution >= 4 is 15.8 Å². The molecule has 0 bridgehead atoms. The second-order valence-corrected chi connectivity index (χ2v) is 6.51. The monoisotopic (exact) mass is 271 g/mol. The highest BCUT2D eigenvalue weighted by Crippen LogP contribution is 2.25. The van der Waals surface area contributed by atoms with Gasteiger partial charge in [0.05, 0.1) is 6.10 Å². The molecule has 1 aromatic rings. The fourth-order valence-corrected chi connectivity index (χ4v) is 3.52. The Kier molecular flexibility index (Phi) is 3.56. The van der Waals surface area contributed by atoms with E-state index in [-0.39, 0.29) is 16.6 Å². The fraction of sp³-hybridized carbons (Fsp3) is 0.545. The van der Waals surface area contributed by atoms with Crippen LogP contribution < -0.4 is 5.73 Å². The van der Waals surface area contributed by atoms with Crippen molar-refractivity contribution in [3.63, 3.8) is 0 Å². The van der Waals surface area contributed by atoms with Gasteiger partial charge in [0, 0.05) is 19.3 Å². The molecule has 7 heteroatoms. The second kappa shape index (κ2) is 4.83. The molecule has 6 nitrogen and oxygen atoms in total. The Balaban J connectivity index is 2.20. The molecule has 1 aliphatic rings. The summed E-state index contributed by atoms with van der Waals surface area (Å²) < 4.78 is 25.9. The Morgan fingerprint density at radius 1 is 1.56 bits per heavy atom. The van der Waals surface area contributed by atoms with Crippen LogP contribution in [0.2, 0.25) is 0 Å². The summed E-state index contributed by atoms with van der Waals surface area (Å²) in [7, 11) is -3.52. The Morgan fingerprint density at radius 2 is 2.28 bits per heavy atom. The van der Waals surface area contributed by atoms with Gasteiger partial charge in [-0.15, -0.1) is 0 Å². The number of hydrogen-bond donors (Lipinski definition) is 2. The number of aliphatic hydroxyl groups excluding tert-OH is 1. The number of aromatic nitrogens is 1. The molecular weight excluding hydrogens is 254 g/mol.